The second kappa shape index (κ2) is 8.43. The van der Waals surface area contributed by atoms with Crippen LogP contribution in [0.5, 0.6) is 0 Å². The number of hydrogen-bond donors (Lipinski definition) is 2. The monoisotopic (exact) mass is 258 g/mol. The maximum Gasteiger partial charge on any atom is 0.303 e. The number of carboxylic acids is 1. The number of rotatable bonds is 3. The van der Waals surface area contributed by atoms with Gasteiger partial charge >= 0.3 is 5.97 Å². The van der Waals surface area contributed by atoms with Crippen LogP contribution in [0.2, 0.25) is 0 Å². The van der Waals surface area contributed by atoms with E-state index in [1.807, 2.05) is 0 Å². The number of aliphatic carboxylic acids is 1. The molecule has 0 aromatic rings. The highest BCUT2D eigenvalue weighted by atomic mass is 16.6. The van der Waals surface area contributed by atoms with Crippen molar-refractivity contribution < 1.29 is 29.3 Å². The Morgan fingerprint density at radius 2 is 2.00 bits per heavy atom. The van der Waals surface area contributed by atoms with Crippen molar-refractivity contribution in [3.05, 3.63) is 24.8 Å². The Morgan fingerprint density at radius 1 is 1.44 bits per heavy atom. The molecule has 0 saturated carbocycles. The Morgan fingerprint density at radius 3 is 2.39 bits per heavy atom. The van der Waals surface area contributed by atoms with Gasteiger partial charge in [-0.3, -0.25) is 9.59 Å². The SMILES string of the molecule is C=CC1C=CC(OC(C)=O)C(CO)O1.CC(=O)O. The highest BCUT2D eigenvalue weighted by Gasteiger charge is 2.27. The first kappa shape index (κ1) is 16.3. The summed E-state index contributed by atoms with van der Waals surface area (Å²) in [4.78, 5) is 19.7. The van der Waals surface area contributed by atoms with Crippen LogP contribution in [0.4, 0.5) is 0 Å². The first-order chi connectivity index (χ1) is 8.40. The first-order valence-electron chi connectivity index (χ1n) is 5.34. The van der Waals surface area contributed by atoms with Crippen LogP contribution in [0.15, 0.2) is 24.8 Å². The van der Waals surface area contributed by atoms with E-state index in [9.17, 15) is 4.79 Å². The van der Waals surface area contributed by atoms with Gasteiger partial charge in [-0.15, -0.1) is 6.58 Å². The molecule has 0 aromatic carbocycles. The number of hydrogen-bond acceptors (Lipinski definition) is 5. The second-order valence-corrected chi connectivity index (χ2v) is 3.54. The lowest BCUT2D eigenvalue weighted by atomic mass is 10.1. The topological polar surface area (TPSA) is 93.1 Å². The fraction of sp³-hybridized carbons (Fsp3) is 0.500. The summed E-state index contributed by atoms with van der Waals surface area (Å²) in [6.45, 7) is 5.79. The minimum atomic E-state index is -0.833. The molecular weight excluding hydrogens is 240 g/mol. The van der Waals surface area contributed by atoms with Gasteiger partial charge in [-0.05, 0) is 6.08 Å². The average Bonchev–Trinajstić information content (AvgIpc) is 2.28. The number of carbonyl (C=O) groups is 2. The zero-order valence-corrected chi connectivity index (χ0v) is 10.4. The normalized spacial score (nSPS) is 25.6. The molecule has 0 aliphatic carbocycles. The number of carbonyl (C=O) groups excluding carboxylic acids is 1. The molecule has 1 aliphatic rings. The highest BCUT2D eigenvalue weighted by Crippen LogP contribution is 2.16. The van der Waals surface area contributed by atoms with E-state index >= 15 is 0 Å². The average molecular weight is 258 g/mol. The Hall–Kier alpha value is -1.66. The van der Waals surface area contributed by atoms with Crippen molar-refractivity contribution in [1.29, 1.82) is 0 Å². The lowest BCUT2D eigenvalue weighted by Gasteiger charge is -2.29. The van der Waals surface area contributed by atoms with Crippen LogP contribution in [0.25, 0.3) is 0 Å². The third-order valence-corrected chi connectivity index (χ3v) is 1.90. The summed E-state index contributed by atoms with van der Waals surface area (Å²) in [5.41, 5.74) is 0. The van der Waals surface area contributed by atoms with Gasteiger partial charge in [0, 0.05) is 13.8 Å². The molecule has 0 amide bonds. The number of ether oxygens (including phenoxy) is 2. The molecule has 0 bridgehead atoms. The van der Waals surface area contributed by atoms with E-state index in [1.54, 1.807) is 18.2 Å². The highest BCUT2D eigenvalue weighted by molar-refractivity contribution is 5.66. The van der Waals surface area contributed by atoms with E-state index in [2.05, 4.69) is 6.58 Å². The van der Waals surface area contributed by atoms with Crippen molar-refractivity contribution in [2.24, 2.45) is 0 Å². The third-order valence-electron chi connectivity index (χ3n) is 1.90. The van der Waals surface area contributed by atoms with Crippen LogP contribution in [0.1, 0.15) is 13.8 Å². The Balaban J connectivity index is 0.000000631. The van der Waals surface area contributed by atoms with Crippen LogP contribution in [0, 0.1) is 0 Å². The van der Waals surface area contributed by atoms with Gasteiger partial charge in [0.2, 0.25) is 0 Å². The van der Waals surface area contributed by atoms with Crippen LogP contribution in [-0.4, -0.2) is 47.1 Å². The summed E-state index contributed by atoms with van der Waals surface area (Å²) in [5, 5.41) is 16.4. The fourth-order valence-electron chi connectivity index (χ4n) is 1.26. The molecule has 3 atom stereocenters. The smallest absolute Gasteiger partial charge is 0.303 e. The van der Waals surface area contributed by atoms with E-state index in [1.165, 1.54) is 6.92 Å². The predicted molar refractivity (Wildman–Crippen MR) is 63.9 cm³/mol. The van der Waals surface area contributed by atoms with Crippen molar-refractivity contribution in [3.63, 3.8) is 0 Å². The van der Waals surface area contributed by atoms with E-state index in [0.717, 1.165) is 6.92 Å². The van der Waals surface area contributed by atoms with Crippen LogP contribution in [0.3, 0.4) is 0 Å². The molecule has 0 radical (unpaired) electrons. The number of aliphatic hydroxyl groups is 1. The molecule has 2 N–H and O–H groups in total. The largest absolute Gasteiger partial charge is 0.481 e. The van der Waals surface area contributed by atoms with Crippen LogP contribution in [-0.2, 0) is 19.1 Å². The van der Waals surface area contributed by atoms with E-state index < -0.39 is 24.1 Å². The Bertz CT molecular complexity index is 319. The lowest BCUT2D eigenvalue weighted by Crippen LogP contribution is -2.39. The van der Waals surface area contributed by atoms with Crippen LogP contribution < -0.4 is 0 Å². The standard InChI is InChI=1S/C10H14O4.C2H4O2/c1-3-8-4-5-9(13-7(2)12)10(6-11)14-8;1-2(3)4/h3-5,8-11H,1,6H2,2H3;1H3,(H,3,4). The van der Waals surface area contributed by atoms with Gasteiger partial charge in [0.15, 0.2) is 0 Å². The van der Waals surface area contributed by atoms with Gasteiger partial charge in [0.05, 0.1) is 12.7 Å². The van der Waals surface area contributed by atoms with Crippen molar-refractivity contribution >= 4 is 11.9 Å². The van der Waals surface area contributed by atoms with Gasteiger partial charge in [-0.2, -0.15) is 0 Å². The lowest BCUT2D eigenvalue weighted by molar-refractivity contribution is -0.155. The Labute approximate surface area is 106 Å². The molecule has 0 spiro atoms. The van der Waals surface area contributed by atoms with Crippen LogP contribution >= 0.6 is 0 Å². The molecule has 0 fully saturated rings. The van der Waals surface area contributed by atoms with Gasteiger partial charge in [0.1, 0.15) is 12.2 Å². The maximum atomic E-state index is 10.7. The molecule has 6 nitrogen and oxygen atoms in total. The van der Waals surface area contributed by atoms with Gasteiger partial charge in [-0.25, -0.2) is 0 Å². The third kappa shape index (κ3) is 6.82. The van der Waals surface area contributed by atoms with Gasteiger partial charge < -0.3 is 19.7 Å². The summed E-state index contributed by atoms with van der Waals surface area (Å²) in [6, 6.07) is 0. The Kier molecular flexibility index (Phi) is 7.66. The second-order valence-electron chi connectivity index (χ2n) is 3.54. The number of aliphatic hydroxyl groups excluding tert-OH is 1. The quantitative estimate of drug-likeness (QED) is 0.566. The molecule has 1 heterocycles. The number of carboxylic acid groups (broad SMARTS) is 1. The molecule has 1 aliphatic heterocycles. The summed E-state index contributed by atoms with van der Waals surface area (Å²) >= 11 is 0. The predicted octanol–water partition coefficient (Wildman–Crippen LogP) is 0.511. The van der Waals surface area contributed by atoms with E-state index in [0.29, 0.717) is 0 Å². The minimum Gasteiger partial charge on any atom is -0.481 e. The van der Waals surface area contributed by atoms with Crippen molar-refractivity contribution in [2.75, 3.05) is 6.61 Å². The van der Waals surface area contributed by atoms with Gasteiger partial charge in [-0.1, -0.05) is 12.2 Å². The summed E-state index contributed by atoms with van der Waals surface area (Å²) in [6.07, 6.45) is 3.83. The molecule has 18 heavy (non-hydrogen) atoms. The van der Waals surface area contributed by atoms with Gasteiger partial charge in [0.25, 0.3) is 5.97 Å². The fourth-order valence-corrected chi connectivity index (χ4v) is 1.26. The molecule has 1 rings (SSSR count). The molecule has 0 saturated heterocycles. The number of esters is 1. The first-order valence-corrected chi connectivity index (χ1v) is 5.34. The molecule has 102 valence electrons. The molecule has 3 unspecified atom stereocenters. The van der Waals surface area contributed by atoms with E-state index in [-0.39, 0.29) is 12.7 Å². The minimum absolute atomic E-state index is 0.188. The summed E-state index contributed by atoms with van der Waals surface area (Å²) < 4.78 is 10.3. The molecule has 0 aromatic heterocycles. The van der Waals surface area contributed by atoms with Crippen molar-refractivity contribution in [1.82, 2.24) is 0 Å². The molecule has 6 heteroatoms. The van der Waals surface area contributed by atoms with Crippen molar-refractivity contribution in [3.8, 4) is 0 Å². The summed E-state index contributed by atoms with van der Waals surface area (Å²) in [5.74, 6) is -1.22. The van der Waals surface area contributed by atoms with E-state index in [4.69, 9.17) is 24.5 Å². The van der Waals surface area contributed by atoms with Crippen molar-refractivity contribution in [2.45, 2.75) is 32.2 Å². The maximum absolute atomic E-state index is 10.7. The zero-order valence-electron chi connectivity index (χ0n) is 10.4. The molecular formula is C12H18O6. The summed E-state index contributed by atoms with van der Waals surface area (Å²) in [7, 11) is 0. The zero-order chi connectivity index (χ0) is 14.1.